The third kappa shape index (κ3) is 1.19. The van der Waals surface area contributed by atoms with Crippen molar-refractivity contribution in [2.24, 2.45) is 5.92 Å². The molecule has 0 saturated carbocycles. The third-order valence-corrected chi connectivity index (χ3v) is 4.03. The summed E-state index contributed by atoms with van der Waals surface area (Å²) in [6.45, 7) is 9.29. The molecule has 2 fully saturated rings. The first-order chi connectivity index (χ1) is 5.75. The molecule has 1 spiro atoms. The van der Waals surface area contributed by atoms with Gasteiger partial charge in [-0.2, -0.15) is 0 Å². The first-order valence-corrected chi connectivity index (χ1v) is 5.60. The fourth-order valence-electron chi connectivity index (χ4n) is 3.54. The van der Waals surface area contributed by atoms with Gasteiger partial charge in [0.1, 0.15) is 0 Å². The number of nitrogens with zero attached hydrogens (tertiary/aromatic N) is 1. The lowest BCUT2D eigenvalue weighted by molar-refractivity contribution is -0.931. The summed E-state index contributed by atoms with van der Waals surface area (Å²) in [6.07, 6.45) is 5.97. The van der Waals surface area contributed by atoms with Crippen LogP contribution in [0, 0.1) is 5.92 Å². The fraction of sp³-hybridized carbons (Fsp3) is 1.00. The topological polar surface area (TPSA) is 0 Å². The molecule has 1 atom stereocenters. The molecule has 0 amide bonds. The van der Waals surface area contributed by atoms with Crippen LogP contribution in [0.3, 0.4) is 0 Å². The molecule has 1 unspecified atom stereocenters. The normalized spacial score (nSPS) is 33.8. The van der Waals surface area contributed by atoms with Gasteiger partial charge >= 0.3 is 0 Å². The second-order valence-corrected chi connectivity index (χ2v) is 5.05. The lowest BCUT2D eigenvalue weighted by atomic mass is 10.0. The minimum atomic E-state index is 0.908. The molecular weight excluding hydrogens is 146 g/mol. The molecule has 2 heterocycles. The van der Waals surface area contributed by atoms with Crippen LogP contribution >= 0.6 is 0 Å². The van der Waals surface area contributed by atoms with E-state index in [0.29, 0.717) is 0 Å². The zero-order valence-electron chi connectivity index (χ0n) is 8.55. The molecule has 1 heteroatoms. The van der Waals surface area contributed by atoms with E-state index in [1.807, 2.05) is 0 Å². The van der Waals surface area contributed by atoms with Crippen LogP contribution in [0.4, 0.5) is 0 Å². The Hall–Kier alpha value is -0.0400. The summed E-state index contributed by atoms with van der Waals surface area (Å²) in [7, 11) is 0. The summed E-state index contributed by atoms with van der Waals surface area (Å²) in [4.78, 5) is 0. The van der Waals surface area contributed by atoms with Crippen LogP contribution in [-0.2, 0) is 0 Å². The van der Waals surface area contributed by atoms with Crippen molar-refractivity contribution in [2.75, 3.05) is 19.6 Å². The van der Waals surface area contributed by atoms with E-state index in [1.54, 1.807) is 0 Å². The highest BCUT2D eigenvalue weighted by atomic mass is 15.4. The van der Waals surface area contributed by atoms with Crippen LogP contribution in [0.25, 0.3) is 0 Å². The second kappa shape index (κ2) is 3.02. The quantitative estimate of drug-likeness (QED) is 0.527. The Kier molecular flexibility index (Phi) is 2.16. The Morgan fingerprint density at radius 1 is 1.00 bits per heavy atom. The Balaban J connectivity index is 2.12. The van der Waals surface area contributed by atoms with E-state index < -0.39 is 0 Å². The molecule has 0 bridgehead atoms. The standard InChI is InChI=1S/C11H22N/c1-10(2)11-6-5-9-12(11)7-3-4-8-12/h10-11H,3-9H2,1-2H3/q+1. The highest BCUT2D eigenvalue weighted by Gasteiger charge is 2.44. The summed E-state index contributed by atoms with van der Waals surface area (Å²) >= 11 is 0. The van der Waals surface area contributed by atoms with Gasteiger partial charge in [0.2, 0.25) is 0 Å². The summed E-state index contributed by atoms with van der Waals surface area (Å²) in [5.74, 6) is 0.908. The summed E-state index contributed by atoms with van der Waals surface area (Å²) in [5.41, 5.74) is 0. The molecule has 0 aliphatic carbocycles. The SMILES string of the molecule is CC(C)C1CCC[N+]12CCCC2. The van der Waals surface area contributed by atoms with E-state index in [0.717, 1.165) is 12.0 Å². The zero-order valence-corrected chi connectivity index (χ0v) is 8.55. The van der Waals surface area contributed by atoms with Gasteiger partial charge in [0.25, 0.3) is 0 Å². The molecular formula is C11H22N+. The van der Waals surface area contributed by atoms with Gasteiger partial charge in [0, 0.05) is 31.6 Å². The second-order valence-electron chi connectivity index (χ2n) is 5.05. The number of quaternary nitrogens is 1. The van der Waals surface area contributed by atoms with Crippen molar-refractivity contribution in [1.29, 1.82) is 0 Å². The van der Waals surface area contributed by atoms with Gasteiger partial charge in [-0.25, -0.2) is 0 Å². The van der Waals surface area contributed by atoms with Gasteiger partial charge in [-0.1, -0.05) is 13.8 Å². The van der Waals surface area contributed by atoms with E-state index in [-0.39, 0.29) is 0 Å². The average Bonchev–Trinajstić information content (AvgIpc) is 2.61. The molecule has 2 saturated heterocycles. The van der Waals surface area contributed by atoms with Gasteiger partial charge in [-0.3, -0.25) is 0 Å². The first kappa shape index (κ1) is 8.55. The maximum atomic E-state index is 2.41. The average molecular weight is 168 g/mol. The monoisotopic (exact) mass is 168 g/mol. The maximum absolute atomic E-state index is 2.41. The predicted molar refractivity (Wildman–Crippen MR) is 52.0 cm³/mol. The van der Waals surface area contributed by atoms with Gasteiger partial charge in [0.05, 0.1) is 25.7 Å². The van der Waals surface area contributed by atoms with E-state index >= 15 is 0 Å². The Morgan fingerprint density at radius 2 is 1.58 bits per heavy atom. The van der Waals surface area contributed by atoms with Gasteiger partial charge < -0.3 is 4.48 Å². The smallest absolute Gasteiger partial charge is 0.0915 e. The number of hydrogen-bond donors (Lipinski definition) is 0. The fourth-order valence-corrected chi connectivity index (χ4v) is 3.54. The van der Waals surface area contributed by atoms with Crippen LogP contribution < -0.4 is 0 Å². The minimum absolute atomic E-state index is 0.908. The van der Waals surface area contributed by atoms with Gasteiger partial charge in [-0.15, -0.1) is 0 Å². The molecule has 1 nitrogen and oxygen atoms in total. The van der Waals surface area contributed by atoms with E-state index in [2.05, 4.69) is 13.8 Å². The van der Waals surface area contributed by atoms with Crippen molar-refractivity contribution in [2.45, 2.75) is 45.6 Å². The predicted octanol–water partition coefficient (Wildman–Crippen LogP) is 2.42. The lowest BCUT2D eigenvalue weighted by Crippen LogP contribution is -2.51. The van der Waals surface area contributed by atoms with Crippen LogP contribution in [0.15, 0.2) is 0 Å². The molecule has 0 aromatic rings. The molecule has 0 N–H and O–H groups in total. The van der Waals surface area contributed by atoms with Gasteiger partial charge in [0.15, 0.2) is 0 Å². The van der Waals surface area contributed by atoms with E-state index in [4.69, 9.17) is 0 Å². The van der Waals surface area contributed by atoms with Crippen LogP contribution in [0.2, 0.25) is 0 Å². The maximum Gasteiger partial charge on any atom is 0.0915 e. The lowest BCUT2D eigenvalue weighted by Gasteiger charge is -2.38. The van der Waals surface area contributed by atoms with Crippen molar-refractivity contribution in [3.63, 3.8) is 0 Å². The summed E-state index contributed by atoms with van der Waals surface area (Å²) in [5, 5.41) is 0. The third-order valence-electron chi connectivity index (χ3n) is 4.03. The molecule has 2 aliphatic heterocycles. The summed E-state index contributed by atoms with van der Waals surface area (Å²) < 4.78 is 1.50. The van der Waals surface area contributed by atoms with Crippen LogP contribution in [-0.4, -0.2) is 30.2 Å². The van der Waals surface area contributed by atoms with Crippen molar-refractivity contribution >= 4 is 0 Å². The van der Waals surface area contributed by atoms with Crippen molar-refractivity contribution in [1.82, 2.24) is 0 Å². The molecule has 0 aromatic heterocycles. The zero-order chi connectivity index (χ0) is 8.60. The number of rotatable bonds is 1. The van der Waals surface area contributed by atoms with Crippen molar-refractivity contribution < 1.29 is 4.48 Å². The highest BCUT2D eigenvalue weighted by Crippen LogP contribution is 2.36. The van der Waals surface area contributed by atoms with Crippen molar-refractivity contribution in [3.8, 4) is 0 Å². The molecule has 0 radical (unpaired) electrons. The Bertz CT molecular complexity index is 151. The molecule has 2 rings (SSSR count). The number of hydrogen-bond acceptors (Lipinski definition) is 0. The van der Waals surface area contributed by atoms with Crippen molar-refractivity contribution in [3.05, 3.63) is 0 Å². The molecule has 2 aliphatic rings. The van der Waals surface area contributed by atoms with Gasteiger partial charge in [-0.05, 0) is 0 Å². The molecule has 12 heavy (non-hydrogen) atoms. The van der Waals surface area contributed by atoms with Crippen LogP contribution in [0.1, 0.15) is 39.5 Å². The van der Waals surface area contributed by atoms with E-state index in [1.165, 1.54) is 49.8 Å². The summed E-state index contributed by atoms with van der Waals surface area (Å²) in [6, 6.07) is 1.01. The molecule has 0 aromatic carbocycles. The van der Waals surface area contributed by atoms with Crippen LogP contribution in [0.5, 0.6) is 0 Å². The first-order valence-electron chi connectivity index (χ1n) is 5.60. The largest absolute Gasteiger partial charge is 0.321 e. The molecule has 70 valence electrons. The highest BCUT2D eigenvalue weighted by molar-refractivity contribution is 4.74. The Labute approximate surface area is 76.3 Å². The Morgan fingerprint density at radius 3 is 2.17 bits per heavy atom. The van der Waals surface area contributed by atoms with E-state index in [9.17, 15) is 0 Å². The minimum Gasteiger partial charge on any atom is -0.321 e.